The van der Waals surface area contributed by atoms with Crippen molar-refractivity contribution in [3.05, 3.63) is 70.4 Å². The van der Waals surface area contributed by atoms with Crippen LogP contribution in [0.3, 0.4) is 0 Å². The van der Waals surface area contributed by atoms with Gasteiger partial charge in [-0.2, -0.15) is 9.71 Å². The fourth-order valence-corrected chi connectivity index (χ4v) is 6.09. The Kier molecular flexibility index (Phi) is 9.11. The summed E-state index contributed by atoms with van der Waals surface area (Å²) >= 11 is 4.63. The van der Waals surface area contributed by atoms with Crippen LogP contribution in [0.25, 0.3) is 11.3 Å². The number of aromatic nitrogens is 2. The van der Waals surface area contributed by atoms with Gasteiger partial charge in [0.25, 0.3) is 11.9 Å². The maximum Gasteiger partial charge on any atom is 0.267 e. The molecule has 37 heavy (non-hydrogen) atoms. The summed E-state index contributed by atoms with van der Waals surface area (Å²) in [5.41, 5.74) is 4.32. The number of benzene rings is 2. The minimum Gasteiger partial charge on any atom is -0.588 e. The summed E-state index contributed by atoms with van der Waals surface area (Å²) in [5, 5.41) is 0.258. The van der Waals surface area contributed by atoms with Crippen molar-refractivity contribution >= 4 is 34.8 Å². The molecule has 0 aliphatic carbocycles. The molecule has 0 bridgehead atoms. The zero-order chi connectivity index (χ0) is 26.5. The van der Waals surface area contributed by atoms with Crippen LogP contribution in [0.15, 0.2) is 53.4 Å². The highest BCUT2D eigenvalue weighted by Crippen LogP contribution is 2.29. The van der Waals surface area contributed by atoms with Crippen molar-refractivity contribution in [1.29, 1.82) is 0 Å². The second kappa shape index (κ2) is 12.3. The lowest BCUT2D eigenvalue weighted by Crippen LogP contribution is -2.40. The summed E-state index contributed by atoms with van der Waals surface area (Å²) in [5.74, 6) is 0.694. The van der Waals surface area contributed by atoms with Gasteiger partial charge in [0, 0.05) is 35.8 Å². The highest BCUT2D eigenvalue weighted by atomic mass is 35.5. The van der Waals surface area contributed by atoms with E-state index in [9.17, 15) is 9.35 Å². The van der Waals surface area contributed by atoms with E-state index in [1.165, 1.54) is 0 Å². The molecule has 2 unspecified atom stereocenters. The molecule has 1 aromatic heterocycles. The van der Waals surface area contributed by atoms with Gasteiger partial charge in [-0.05, 0) is 62.3 Å². The van der Waals surface area contributed by atoms with E-state index in [2.05, 4.69) is 28.5 Å². The Morgan fingerprint density at radius 2 is 1.84 bits per heavy atom. The molecule has 1 amide bonds. The van der Waals surface area contributed by atoms with Gasteiger partial charge in [0.15, 0.2) is 4.90 Å². The number of rotatable bonds is 7. The average Bonchev–Trinajstić information content (AvgIpc) is 3.08. The molecule has 1 fully saturated rings. The summed E-state index contributed by atoms with van der Waals surface area (Å²) in [6.07, 6.45) is 5.34. The zero-order valence-corrected chi connectivity index (χ0v) is 23.5. The van der Waals surface area contributed by atoms with Crippen LogP contribution >= 0.6 is 11.6 Å². The van der Waals surface area contributed by atoms with Crippen molar-refractivity contribution in [1.82, 2.24) is 14.9 Å². The molecular weight excluding hydrogens is 504 g/mol. The molecule has 0 saturated carbocycles. The summed E-state index contributed by atoms with van der Waals surface area (Å²) in [4.78, 5) is 24.9. The number of anilines is 1. The van der Waals surface area contributed by atoms with Gasteiger partial charge in [-0.3, -0.25) is 4.79 Å². The highest BCUT2D eigenvalue weighted by molar-refractivity contribution is 7.92. The Balaban J connectivity index is 1.56. The minimum absolute atomic E-state index is 0.00252. The Morgan fingerprint density at radius 3 is 2.57 bits per heavy atom. The molecule has 1 N–H and O–H groups in total. The molecule has 2 aromatic carbocycles. The first-order valence-electron chi connectivity index (χ1n) is 12.9. The molecule has 3 aromatic rings. The smallest absolute Gasteiger partial charge is 0.267 e. The summed E-state index contributed by atoms with van der Waals surface area (Å²) in [6, 6.07) is 15.0. The number of carbonyl (C=O) groups excluding carboxylic acids is 1. The van der Waals surface area contributed by atoms with Gasteiger partial charge in [0.1, 0.15) is 16.5 Å². The predicted molar refractivity (Wildman–Crippen MR) is 151 cm³/mol. The molecule has 6 nitrogen and oxygen atoms in total. The van der Waals surface area contributed by atoms with Crippen LogP contribution in [0.1, 0.15) is 67.4 Å². The van der Waals surface area contributed by atoms with E-state index < -0.39 is 11.4 Å². The van der Waals surface area contributed by atoms with E-state index in [1.54, 1.807) is 30.3 Å². The van der Waals surface area contributed by atoms with Crippen molar-refractivity contribution in [3.63, 3.8) is 0 Å². The maximum atomic E-state index is 13.6. The lowest BCUT2D eigenvalue weighted by atomic mass is 9.98. The largest absolute Gasteiger partial charge is 0.588 e. The first-order valence-corrected chi connectivity index (χ1v) is 14.5. The second-order valence-electron chi connectivity index (χ2n) is 10.2. The first-order chi connectivity index (χ1) is 17.7. The van der Waals surface area contributed by atoms with E-state index >= 15 is 0 Å². The number of aryl methyl sites for hydroxylation is 2. The highest BCUT2D eigenvalue weighted by Gasteiger charge is 2.28. The first kappa shape index (κ1) is 27.4. The van der Waals surface area contributed by atoms with E-state index in [0.29, 0.717) is 22.1 Å². The van der Waals surface area contributed by atoms with Crippen molar-refractivity contribution in [2.24, 2.45) is 5.92 Å². The fraction of sp³-hybridized carbons (Fsp3) is 0.414. The number of hydrogen-bond acceptors (Lipinski definition) is 5. The molecule has 1 aliphatic rings. The van der Waals surface area contributed by atoms with E-state index in [1.807, 2.05) is 36.9 Å². The van der Waals surface area contributed by atoms with Crippen LogP contribution in [0, 0.1) is 19.8 Å². The van der Waals surface area contributed by atoms with Gasteiger partial charge in [-0.15, -0.1) is 0 Å². The average molecular weight is 539 g/mol. The number of hydrogen-bond donors (Lipinski definition) is 1. The normalized spacial score (nSPS) is 16.9. The quantitative estimate of drug-likeness (QED) is 0.259. The predicted octanol–water partition coefficient (Wildman–Crippen LogP) is 6.98. The van der Waals surface area contributed by atoms with E-state index in [4.69, 9.17) is 11.6 Å². The number of carbonyl (C=O) groups is 1. The van der Waals surface area contributed by atoms with Gasteiger partial charge in [-0.1, -0.05) is 62.6 Å². The second-order valence-corrected chi connectivity index (χ2v) is 11.8. The summed E-state index contributed by atoms with van der Waals surface area (Å²) < 4.78 is 16.2. The minimum atomic E-state index is -1.68. The lowest BCUT2D eigenvalue weighted by molar-refractivity contribution is 0.0661. The van der Waals surface area contributed by atoms with Crippen LogP contribution in [0.5, 0.6) is 0 Å². The van der Waals surface area contributed by atoms with Gasteiger partial charge in [0.2, 0.25) is 0 Å². The van der Waals surface area contributed by atoms with Crippen LogP contribution in [-0.2, 0) is 11.4 Å². The third-order valence-electron chi connectivity index (χ3n) is 6.79. The van der Waals surface area contributed by atoms with Gasteiger partial charge in [0.05, 0.1) is 5.69 Å². The molecule has 0 radical (unpaired) electrons. The van der Waals surface area contributed by atoms with Crippen LogP contribution in [0.4, 0.5) is 5.95 Å². The SMILES string of the molecule is Cc1cccc(C)c1-c1cc(Cl)nc(N[S+]([O-])c2cccc(C(=O)N3CCCCCC3CC(C)C)c2)n1. The third kappa shape index (κ3) is 6.83. The number of likely N-dealkylation sites (tertiary alicyclic amines) is 1. The van der Waals surface area contributed by atoms with Gasteiger partial charge >= 0.3 is 0 Å². The molecule has 4 rings (SSSR count). The number of halogens is 1. The summed E-state index contributed by atoms with van der Waals surface area (Å²) in [6.45, 7) is 9.20. The molecule has 2 heterocycles. The molecule has 196 valence electrons. The zero-order valence-electron chi connectivity index (χ0n) is 22.0. The summed E-state index contributed by atoms with van der Waals surface area (Å²) in [7, 11) is 0. The number of nitrogens with zero attached hydrogens (tertiary/aromatic N) is 3. The van der Waals surface area contributed by atoms with Gasteiger partial charge in [-0.25, -0.2) is 4.98 Å². The monoisotopic (exact) mass is 538 g/mol. The number of amides is 1. The Labute approximate surface area is 228 Å². The van der Waals surface area contributed by atoms with Crippen LogP contribution in [0.2, 0.25) is 5.15 Å². The molecule has 8 heteroatoms. The molecule has 1 aliphatic heterocycles. The van der Waals surface area contributed by atoms with Crippen molar-refractivity contribution < 1.29 is 9.35 Å². The molecule has 1 saturated heterocycles. The molecule has 0 spiro atoms. The molecular formula is C29H35ClN4O2S. The van der Waals surface area contributed by atoms with Crippen LogP contribution in [-0.4, -0.2) is 37.9 Å². The third-order valence-corrected chi connectivity index (χ3v) is 8.04. The Morgan fingerprint density at radius 1 is 1.11 bits per heavy atom. The standard InChI is InChI=1S/C29H35ClN4O2S/c1-19(2)16-23-13-6-5-7-15-34(23)28(35)22-12-9-14-24(17-22)37(36)33-29-31-25(18-26(30)32-29)27-20(3)10-8-11-21(27)4/h8-12,14,17-19,23H,5-7,13,15-16H2,1-4H3,(H,31,32,33). The van der Waals surface area contributed by atoms with Crippen LogP contribution < -0.4 is 4.72 Å². The van der Waals surface area contributed by atoms with E-state index in [-0.39, 0.29) is 23.1 Å². The lowest BCUT2D eigenvalue weighted by Gasteiger charge is -2.31. The Hall–Kier alpha value is -2.61. The Bertz CT molecular complexity index is 1230. The maximum absolute atomic E-state index is 13.6. The van der Waals surface area contributed by atoms with Gasteiger partial charge < -0.3 is 9.45 Å². The van der Waals surface area contributed by atoms with Crippen molar-refractivity contribution in [3.8, 4) is 11.3 Å². The number of nitrogens with one attached hydrogen (secondary N) is 1. The topological polar surface area (TPSA) is 81.2 Å². The van der Waals surface area contributed by atoms with Crippen molar-refractivity contribution in [2.75, 3.05) is 11.3 Å². The fourth-order valence-electron chi connectivity index (χ4n) is 5.10. The van der Waals surface area contributed by atoms with E-state index in [0.717, 1.165) is 55.3 Å². The molecule has 2 atom stereocenters. The van der Waals surface area contributed by atoms with Crippen molar-refractivity contribution in [2.45, 2.75) is 70.7 Å².